The molecule has 2 heterocycles. The summed E-state index contributed by atoms with van der Waals surface area (Å²) in [6.45, 7) is 4.87. The molecule has 0 spiro atoms. The van der Waals surface area contributed by atoms with Gasteiger partial charge in [0.1, 0.15) is 0 Å². The fraction of sp³-hybridized carbons (Fsp3) is 0.667. The van der Waals surface area contributed by atoms with Gasteiger partial charge in [0.25, 0.3) is 0 Å². The molecular formula is C9H18N4. The SMILES string of the molecule is C1=CCNCNC1.C1=NCNCC1. The van der Waals surface area contributed by atoms with Crippen LogP contribution in [0.2, 0.25) is 0 Å². The van der Waals surface area contributed by atoms with E-state index < -0.39 is 0 Å². The van der Waals surface area contributed by atoms with Gasteiger partial charge >= 0.3 is 0 Å². The first-order chi connectivity index (χ1) is 6.50. The lowest BCUT2D eigenvalue weighted by Crippen LogP contribution is -2.26. The Morgan fingerprint density at radius 1 is 1.00 bits per heavy atom. The zero-order chi connectivity index (χ0) is 9.19. The van der Waals surface area contributed by atoms with Gasteiger partial charge in [-0.25, -0.2) is 0 Å². The van der Waals surface area contributed by atoms with E-state index in [2.05, 4.69) is 33.1 Å². The standard InChI is InChI=1S/C5H10N2.C4H8N2/c1-2-4-7-5-6-3-1;1-2-5-4-6-3-1/h1-2,6-7H,3-5H2;2,6H,1,3-4H2. The molecule has 2 aliphatic heterocycles. The molecule has 0 bridgehead atoms. The van der Waals surface area contributed by atoms with Gasteiger partial charge in [-0.1, -0.05) is 12.2 Å². The molecule has 0 aromatic heterocycles. The van der Waals surface area contributed by atoms with Crippen LogP contribution in [-0.4, -0.2) is 39.2 Å². The average molecular weight is 182 g/mol. The molecule has 0 fully saturated rings. The first-order valence-electron chi connectivity index (χ1n) is 4.75. The van der Waals surface area contributed by atoms with Gasteiger partial charge in [-0.2, -0.15) is 0 Å². The molecule has 0 aromatic carbocycles. The third-order valence-corrected chi connectivity index (χ3v) is 1.72. The maximum atomic E-state index is 3.94. The molecule has 0 atom stereocenters. The summed E-state index contributed by atoms with van der Waals surface area (Å²) in [7, 11) is 0. The second kappa shape index (κ2) is 7.91. The van der Waals surface area contributed by atoms with Gasteiger partial charge in [-0.15, -0.1) is 0 Å². The van der Waals surface area contributed by atoms with E-state index in [0.717, 1.165) is 39.4 Å². The Hall–Kier alpha value is -0.710. The highest BCUT2D eigenvalue weighted by Crippen LogP contribution is 1.76. The number of hydrogen-bond donors (Lipinski definition) is 3. The summed E-state index contributed by atoms with van der Waals surface area (Å²) in [6, 6.07) is 0. The van der Waals surface area contributed by atoms with Crippen molar-refractivity contribution < 1.29 is 0 Å². The maximum absolute atomic E-state index is 3.94. The van der Waals surface area contributed by atoms with Crippen LogP contribution in [0.25, 0.3) is 0 Å². The van der Waals surface area contributed by atoms with Crippen molar-refractivity contribution in [2.45, 2.75) is 6.42 Å². The van der Waals surface area contributed by atoms with Crippen LogP contribution in [0.15, 0.2) is 17.1 Å². The van der Waals surface area contributed by atoms with Crippen molar-refractivity contribution in [2.75, 3.05) is 33.0 Å². The minimum Gasteiger partial charge on any atom is -0.301 e. The Balaban J connectivity index is 0.000000132. The van der Waals surface area contributed by atoms with E-state index in [0.29, 0.717) is 0 Å². The first kappa shape index (κ1) is 10.4. The number of hydrogen-bond acceptors (Lipinski definition) is 4. The van der Waals surface area contributed by atoms with Crippen LogP contribution in [0.1, 0.15) is 6.42 Å². The largest absolute Gasteiger partial charge is 0.301 e. The summed E-state index contributed by atoms with van der Waals surface area (Å²) in [4.78, 5) is 3.94. The lowest BCUT2D eigenvalue weighted by molar-refractivity contribution is 0.664. The number of nitrogens with one attached hydrogen (secondary N) is 3. The first-order valence-corrected chi connectivity index (χ1v) is 4.75. The zero-order valence-electron chi connectivity index (χ0n) is 7.92. The summed E-state index contributed by atoms with van der Waals surface area (Å²) in [5, 5.41) is 9.39. The molecular weight excluding hydrogens is 164 g/mol. The van der Waals surface area contributed by atoms with Crippen LogP contribution in [-0.2, 0) is 0 Å². The fourth-order valence-electron chi connectivity index (χ4n) is 1.03. The Bertz CT molecular complexity index is 149. The van der Waals surface area contributed by atoms with Crippen LogP contribution in [0.3, 0.4) is 0 Å². The molecule has 0 aliphatic carbocycles. The maximum Gasteiger partial charge on any atom is 0.0880 e. The summed E-state index contributed by atoms with van der Waals surface area (Å²) < 4.78 is 0. The van der Waals surface area contributed by atoms with E-state index in [9.17, 15) is 0 Å². The van der Waals surface area contributed by atoms with Crippen molar-refractivity contribution in [1.29, 1.82) is 0 Å². The van der Waals surface area contributed by atoms with E-state index in [1.165, 1.54) is 0 Å². The molecule has 0 aromatic rings. The Morgan fingerprint density at radius 3 is 2.15 bits per heavy atom. The van der Waals surface area contributed by atoms with Crippen LogP contribution in [0.5, 0.6) is 0 Å². The Kier molecular flexibility index (Phi) is 6.31. The second-order valence-corrected chi connectivity index (χ2v) is 2.87. The number of aliphatic imine (C=N–C) groups is 1. The molecule has 4 nitrogen and oxygen atoms in total. The Morgan fingerprint density at radius 2 is 1.77 bits per heavy atom. The molecule has 0 radical (unpaired) electrons. The predicted molar refractivity (Wildman–Crippen MR) is 56.0 cm³/mol. The predicted octanol–water partition coefficient (Wildman–Crippen LogP) is -0.299. The number of nitrogens with zero attached hydrogens (tertiary/aromatic N) is 1. The van der Waals surface area contributed by atoms with Gasteiger partial charge in [-0.05, 0) is 6.42 Å². The second-order valence-electron chi connectivity index (χ2n) is 2.87. The third-order valence-electron chi connectivity index (χ3n) is 1.72. The molecule has 0 amide bonds. The molecule has 2 aliphatic rings. The Labute approximate surface area is 79.5 Å². The molecule has 13 heavy (non-hydrogen) atoms. The van der Waals surface area contributed by atoms with Crippen molar-refractivity contribution in [3.63, 3.8) is 0 Å². The molecule has 2 rings (SSSR count). The fourth-order valence-corrected chi connectivity index (χ4v) is 1.03. The number of rotatable bonds is 0. The minimum absolute atomic E-state index is 0.819. The lowest BCUT2D eigenvalue weighted by Gasteiger charge is -2.01. The van der Waals surface area contributed by atoms with Crippen molar-refractivity contribution in [3.8, 4) is 0 Å². The van der Waals surface area contributed by atoms with E-state index in [1.807, 2.05) is 6.21 Å². The highest BCUT2D eigenvalue weighted by Gasteiger charge is 1.85. The summed E-state index contributed by atoms with van der Waals surface area (Å²) in [5.74, 6) is 0. The van der Waals surface area contributed by atoms with Gasteiger partial charge in [0, 0.05) is 32.5 Å². The average Bonchev–Trinajstić information content (AvgIpc) is 2.53. The van der Waals surface area contributed by atoms with E-state index in [-0.39, 0.29) is 0 Å². The van der Waals surface area contributed by atoms with Crippen molar-refractivity contribution >= 4 is 6.21 Å². The van der Waals surface area contributed by atoms with Crippen molar-refractivity contribution in [2.24, 2.45) is 4.99 Å². The lowest BCUT2D eigenvalue weighted by atomic mass is 10.4. The van der Waals surface area contributed by atoms with Gasteiger partial charge in [0.15, 0.2) is 0 Å². The minimum atomic E-state index is 0.819. The van der Waals surface area contributed by atoms with Crippen LogP contribution in [0, 0.1) is 0 Å². The molecule has 0 saturated heterocycles. The summed E-state index contributed by atoms with van der Waals surface area (Å²) >= 11 is 0. The van der Waals surface area contributed by atoms with Crippen LogP contribution in [0.4, 0.5) is 0 Å². The quantitative estimate of drug-likeness (QED) is 0.451. The highest BCUT2D eigenvalue weighted by molar-refractivity contribution is 5.57. The van der Waals surface area contributed by atoms with Gasteiger partial charge in [0.05, 0.1) is 6.67 Å². The zero-order valence-corrected chi connectivity index (χ0v) is 7.92. The molecule has 0 saturated carbocycles. The van der Waals surface area contributed by atoms with E-state index in [4.69, 9.17) is 0 Å². The normalized spacial score (nSPS) is 21.5. The van der Waals surface area contributed by atoms with Crippen molar-refractivity contribution in [1.82, 2.24) is 16.0 Å². The smallest absolute Gasteiger partial charge is 0.0880 e. The summed E-state index contributed by atoms with van der Waals surface area (Å²) in [6.07, 6.45) is 7.30. The topological polar surface area (TPSA) is 48.5 Å². The molecule has 0 unspecified atom stereocenters. The summed E-state index contributed by atoms with van der Waals surface area (Å²) in [5.41, 5.74) is 0. The van der Waals surface area contributed by atoms with E-state index >= 15 is 0 Å². The van der Waals surface area contributed by atoms with Crippen LogP contribution >= 0.6 is 0 Å². The third kappa shape index (κ3) is 6.45. The van der Waals surface area contributed by atoms with Gasteiger partial charge < -0.3 is 10.6 Å². The van der Waals surface area contributed by atoms with Gasteiger partial charge in [-0.3, -0.25) is 10.3 Å². The molecule has 3 N–H and O–H groups in total. The van der Waals surface area contributed by atoms with E-state index in [1.54, 1.807) is 0 Å². The molecule has 4 heteroatoms. The highest BCUT2D eigenvalue weighted by atomic mass is 15.1. The van der Waals surface area contributed by atoms with Gasteiger partial charge in [0.2, 0.25) is 0 Å². The molecule has 74 valence electrons. The monoisotopic (exact) mass is 182 g/mol. The van der Waals surface area contributed by atoms with Crippen molar-refractivity contribution in [3.05, 3.63) is 12.2 Å². The van der Waals surface area contributed by atoms with Crippen LogP contribution < -0.4 is 16.0 Å².